The van der Waals surface area contributed by atoms with Crippen LogP contribution < -0.4 is 5.32 Å². The molecule has 1 saturated carbocycles. The summed E-state index contributed by atoms with van der Waals surface area (Å²) in [6.07, 6.45) is 0.0530. The zero-order valence-corrected chi connectivity index (χ0v) is 15.6. The van der Waals surface area contributed by atoms with Crippen LogP contribution in [0.25, 0.3) is 0 Å². The summed E-state index contributed by atoms with van der Waals surface area (Å²) in [5.74, 6) is -0.640. The lowest BCUT2D eigenvalue weighted by Crippen LogP contribution is -2.70. The van der Waals surface area contributed by atoms with E-state index in [9.17, 15) is 14.7 Å². The topological polar surface area (TPSA) is 84.9 Å². The first-order valence-corrected chi connectivity index (χ1v) is 8.01. The summed E-state index contributed by atoms with van der Waals surface area (Å²) < 4.78 is 10.6. The molecule has 0 spiro atoms. The molecule has 0 bridgehead atoms. The van der Waals surface area contributed by atoms with Gasteiger partial charge in [0.05, 0.1) is 17.1 Å². The fourth-order valence-corrected chi connectivity index (χ4v) is 2.59. The van der Waals surface area contributed by atoms with Crippen LogP contribution in [0.2, 0.25) is 0 Å². The van der Waals surface area contributed by atoms with E-state index in [2.05, 4.69) is 5.32 Å². The number of hydrogen-bond acceptors (Lipinski definition) is 5. The molecule has 0 saturated heterocycles. The van der Waals surface area contributed by atoms with Gasteiger partial charge in [0.25, 0.3) is 0 Å². The molecule has 134 valence electrons. The van der Waals surface area contributed by atoms with E-state index in [-0.39, 0.29) is 11.9 Å². The van der Waals surface area contributed by atoms with Crippen molar-refractivity contribution in [3.05, 3.63) is 0 Å². The molecule has 1 amide bonds. The standard InChI is InChI=1S/C17H31NO5/c1-14(2,3)22-12(19)11-9-17(10-11,16(7,8)21)18-13(20)23-15(4,5)6/h11,21H,9-10H2,1-8H3,(H,18,20). The summed E-state index contributed by atoms with van der Waals surface area (Å²) in [7, 11) is 0. The highest BCUT2D eigenvalue weighted by molar-refractivity contribution is 5.76. The second-order valence-electron chi connectivity index (χ2n) is 8.91. The van der Waals surface area contributed by atoms with E-state index in [0.29, 0.717) is 12.8 Å². The quantitative estimate of drug-likeness (QED) is 0.778. The van der Waals surface area contributed by atoms with Crippen LogP contribution >= 0.6 is 0 Å². The van der Waals surface area contributed by atoms with E-state index in [1.165, 1.54) is 0 Å². The van der Waals surface area contributed by atoms with E-state index in [4.69, 9.17) is 9.47 Å². The van der Waals surface area contributed by atoms with Crippen molar-refractivity contribution < 1.29 is 24.2 Å². The minimum Gasteiger partial charge on any atom is -0.460 e. The molecule has 2 N–H and O–H groups in total. The van der Waals surface area contributed by atoms with Crippen molar-refractivity contribution in [1.29, 1.82) is 0 Å². The Bertz CT molecular complexity index is 459. The van der Waals surface area contributed by atoms with Crippen molar-refractivity contribution in [3.8, 4) is 0 Å². The fourth-order valence-electron chi connectivity index (χ4n) is 2.59. The first kappa shape index (κ1) is 19.7. The normalized spacial score (nSPS) is 25.3. The maximum atomic E-state index is 12.1. The highest BCUT2D eigenvalue weighted by Crippen LogP contribution is 2.46. The molecule has 1 fully saturated rings. The summed E-state index contributed by atoms with van der Waals surface area (Å²) in [5, 5.41) is 13.2. The SMILES string of the molecule is CC(C)(C)OC(=O)NC1(C(C)(C)O)CC(C(=O)OC(C)(C)C)C1. The maximum Gasteiger partial charge on any atom is 0.408 e. The van der Waals surface area contributed by atoms with Gasteiger partial charge < -0.3 is 19.9 Å². The molecule has 6 heteroatoms. The van der Waals surface area contributed by atoms with Crippen molar-refractivity contribution in [3.63, 3.8) is 0 Å². The lowest BCUT2D eigenvalue weighted by molar-refractivity contribution is -0.173. The van der Waals surface area contributed by atoms with Crippen LogP contribution in [0.3, 0.4) is 0 Å². The predicted octanol–water partition coefficient (Wildman–Crippen LogP) is 2.77. The van der Waals surface area contributed by atoms with Gasteiger partial charge in [-0.25, -0.2) is 4.79 Å². The molecule has 1 rings (SSSR count). The number of hydrogen-bond donors (Lipinski definition) is 2. The molecule has 0 aliphatic heterocycles. The highest BCUT2D eigenvalue weighted by atomic mass is 16.6. The molecule has 1 aliphatic carbocycles. The van der Waals surface area contributed by atoms with Gasteiger partial charge >= 0.3 is 12.1 Å². The Morgan fingerprint density at radius 3 is 1.74 bits per heavy atom. The molecule has 6 nitrogen and oxygen atoms in total. The number of carbonyl (C=O) groups excluding carboxylic acids is 2. The highest BCUT2D eigenvalue weighted by Gasteiger charge is 2.57. The van der Waals surface area contributed by atoms with Crippen molar-refractivity contribution in [2.24, 2.45) is 5.92 Å². The molecule has 23 heavy (non-hydrogen) atoms. The van der Waals surface area contributed by atoms with E-state index in [1.807, 2.05) is 20.8 Å². The van der Waals surface area contributed by atoms with Gasteiger partial charge in [-0.3, -0.25) is 4.79 Å². The van der Waals surface area contributed by atoms with Crippen LogP contribution in [0.4, 0.5) is 4.79 Å². The third kappa shape index (κ3) is 5.37. The molecule has 1 aliphatic rings. The summed E-state index contributed by atoms with van der Waals surface area (Å²) in [4.78, 5) is 24.2. The van der Waals surface area contributed by atoms with Crippen LogP contribution in [0, 0.1) is 5.92 Å². The Morgan fingerprint density at radius 1 is 0.957 bits per heavy atom. The molecule has 0 atom stereocenters. The Morgan fingerprint density at radius 2 is 1.39 bits per heavy atom. The van der Waals surface area contributed by atoms with Crippen LogP contribution in [-0.4, -0.2) is 39.5 Å². The Balaban J connectivity index is 2.76. The number of amides is 1. The van der Waals surface area contributed by atoms with Gasteiger partial charge in [-0.1, -0.05) is 0 Å². The van der Waals surface area contributed by atoms with Crippen LogP contribution in [-0.2, 0) is 14.3 Å². The smallest absolute Gasteiger partial charge is 0.408 e. The second-order valence-corrected chi connectivity index (χ2v) is 8.91. The fraction of sp³-hybridized carbons (Fsp3) is 0.882. The molecule has 0 radical (unpaired) electrons. The molecular formula is C17H31NO5. The molecule has 0 unspecified atom stereocenters. The van der Waals surface area contributed by atoms with Gasteiger partial charge in [-0.2, -0.15) is 0 Å². The first-order valence-electron chi connectivity index (χ1n) is 8.01. The summed E-state index contributed by atoms with van der Waals surface area (Å²) in [6, 6.07) is 0. The molecule has 0 aromatic rings. The number of rotatable bonds is 3. The summed E-state index contributed by atoms with van der Waals surface area (Å²) >= 11 is 0. The van der Waals surface area contributed by atoms with E-state index < -0.39 is 28.4 Å². The molecular weight excluding hydrogens is 298 g/mol. The molecule has 0 aromatic carbocycles. The van der Waals surface area contributed by atoms with E-state index in [0.717, 1.165) is 0 Å². The minimum absolute atomic E-state index is 0.302. The van der Waals surface area contributed by atoms with E-state index in [1.54, 1.807) is 34.6 Å². The number of aliphatic hydroxyl groups is 1. The lowest BCUT2D eigenvalue weighted by Gasteiger charge is -2.53. The number of carbonyl (C=O) groups is 2. The molecule has 0 aromatic heterocycles. The number of esters is 1. The summed E-state index contributed by atoms with van der Waals surface area (Å²) in [6.45, 7) is 14.0. The van der Waals surface area contributed by atoms with Crippen molar-refractivity contribution in [2.75, 3.05) is 0 Å². The Labute approximate surface area is 138 Å². The van der Waals surface area contributed by atoms with Crippen LogP contribution in [0.5, 0.6) is 0 Å². The van der Waals surface area contributed by atoms with Crippen molar-refractivity contribution >= 4 is 12.1 Å². The zero-order valence-electron chi connectivity index (χ0n) is 15.6. The Kier molecular flexibility index (Phi) is 5.12. The van der Waals surface area contributed by atoms with Gasteiger partial charge in [0.2, 0.25) is 0 Å². The number of ether oxygens (including phenoxy) is 2. The van der Waals surface area contributed by atoms with Gasteiger partial charge in [0.15, 0.2) is 0 Å². The Hall–Kier alpha value is -1.30. The van der Waals surface area contributed by atoms with E-state index >= 15 is 0 Å². The maximum absolute atomic E-state index is 12.1. The first-order chi connectivity index (χ1) is 10.0. The third-order valence-electron chi connectivity index (χ3n) is 3.84. The predicted molar refractivity (Wildman–Crippen MR) is 87.0 cm³/mol. The monoisotopic (exact) mass is 329 g/mol. The zero-order chi connectivity index (χ0) is 18.3. The van der Waals surface area contributed by atoms with Crippen molar-refractivity contribution in [2.45, 2.75) is 90.6 Å². The minimum atomic E-state index is -1.18. The third-order valence-corrected chi connectivity index (χ3v) is 3.84. The van der Waals surface area contributed by atoms with Crippen molar-refractivity contribution in [1.82, 2.24) is 5.32 Å². The van der Waals surface area contributed by atoms with Gasteiger partial charge in [-0.05, 0) is 68.2 Å². The average Bonchev–Trinajstić information content (AvgIpc) is 2.14. The molecule has 0 heterocycles. The largest absolute Gasteiger partial charge is 0.460 e. The van der Waals surface area contributed by atoms with Crippen LogP contribution in [0.15, 0.2) is 0 Å². The lowest BCUT2D eigenvalue weighted by atomic mass is 9.60. The average molecular weight is 329 g/mol. The van der Waals surface area contributed by atoms with Gasteiger partial charge in [0, 0.05) is 0 Å². The number of alkyl carbamates (subject to hydrolysis) is 1. The van der Waals surface area contributed by atoms with Gasteiger partial charge in [0.1, 0.15) is 11.2 Å². The number of nitrogens with one attached hydrogen (secondary N) is 1. The second kappa shape index (κ2) is 5.96. The van der Waals surface area contributed by atoms with Gasteiger partial charge in [-0.15, -0.1) is 0 Å². The summed E-state index contributed by atoms with van der Waals surface area (Å²) in [5.41, 5.74) is -3.25. The van der Waals surface area contributed by atoms with Crippen LogP contribution in [0.1, 0.15) is 68.2 Å².